The first-order valence-electron chi connectivity index (χ1n) is 6.85. The Morgan fingerprint density at radius 1 is 1.52 bits per heavy atom. The van der Waals surface area contributed by atoms with Crippen LogP contribution in [0.4, 0.5) is 0 Å². The van der Waals surface area contributed by atoms with Gasteiger partial charge in [0.2, 0.25) is 0 Å². The molecule has 0 bridgehead atoms. The largest absolute Gasteiger partial charge is 0.491 e. The molecule has 0 saturated carbocycles. The van der Waals surface area contributed by atoms with Crippen LogP contribution in [0.15, 0.2) is 18.2 Å². The Kier molecular flexibility index (Phi) is 3.78. The second kappa shape index (κ2) is 5.58. The van der Waals surface area contributed by atoms with E-state index in [1.165, 1.54) is 5.56 Å². The lowest BCUT2D eigenvalue weighted by Crippen LogP contribution is -2.17. The fourth-order valence-electron chi connectivity index (χ4n) is 2.51. The Morgan fingerprint density at radius 2 is 2.33 bits per heavy atom. The van der Waals surface area contributed by atoms with Crippen LogP contribution in [-0.4, -0.2) is 23.4 Å². The van der Waals surface area contributed by atoms with Gasteiger partial charge in [-0.25, -0.2) is 0 Å². The topological polar surface area (TPSA) is 48.3 Å². The number of benzene rings is 1. The lowest BCUT2D eigenvalue weighted by Gasteiger charge is -2.09. The van der Waals surface area contributed by atoms with E-state index in [1.807, 2.05) is 39.2 Å². The summed E-state index contributed by atoms with van der Waals surface area (Å²) in [4.78, 5) is 0. The first kappa shape index (κ1) is 14.2. The van der Waals surface area contributed by atoms with Gasteiger partial charge < -0.3 is 14.8 Å². The molecule has 1 aromatic carbocycles. The maximum Gasteiger partial charge on any atom is 0.133 e. The van der Waals surface area contributed by atoms with Crippen molar-refractivity contribution >= 4 is 11.6 Å². The van der Waals surface area contributed by atoms with Gasteiger partial charge in [-0.2, -0.15) is 5.10 Å². The van der Waals surface area contributed by atoms with E-state index in [-0.39, 0.29) is 6.04 Å². The van der Waals surface area contributed by atoms with Crippen LogP contribution in [0.3, 0.4) is 0 Å². The molecule has 0 fully saturated rings. The normalized spacial score (nSPS) is 16.7. The maximum atomic E-state index is 6.20. The molecular weight excluding hydrogens is 290 g/mol. The molecule has 1 aliphatic heterocycles. The number of hydrogen-bond donors (Lipinski definition) is 1. The van der Waals surface area contributed by atoms with Gasteiger partial charge in [-0.1, -0.05) is 11.6 Å². The number of nitrogens with one attached hydrogen (secondary N) is 1. The van der Waals surface area contributed by atoms with Gasteiger partial charge in [0.15, 0.2) is 0 Å². The third-order valence-electron chi connectivity index (χ3n) is 3.77. The zero-order chi connectivity index (χ0) is 15.0. The Balaban J connectivity index is 1.75. The Labute approximate surface area is 128 Å². The van der Waals surface area contributed by atoms with E-state index in [1.54, 1.807) is 4.68 Å². The molecule has 1 atom stereocenters. The van der Waals surface area contributed by atoms with Crippen molar-refractivity contribution < 1.29 is 9.47 Å². The van der Waals surface area contributed by atoms with Crippen molar-refractivity contribution in [2.45, 2.75) is 19.6 Å². The molecule has 2 heterocycles. The highest BCUT2D eigenvalue weighted by atomic mass is 35.5. The van der Waals surface area contributed by atoms with Crippen LogP contribution in [0.25, 0.3) is 0 Å². The molecule has 1 aliphatic rings. The smallest absolute Gasteiger partial charge is 0.133 e. The molecule has 0 spiro atoms. The van der Waals surface area contributed by atoms with Gasteiger partial charge in [-0.3, -0.25) is 4.68 Å². The van der Waals surface area contributed by atoms with Gasteiger partial charge >= 0.3 is 0 Å². The molecular formula is C15H18ClN3O2. The molecule has 3 rings (SSSR count). The summed E-state index contributed by atoms with van der Waals surface area (Å²) >= 11 is 6.20. The number of fused-ring (bicyclic) bond motifs is 1. The van der Waals surface area contributed by atoms with E-state index >= 15 is 0 Å². The third kappa shape index (κ3) is 2.59. The van der Waals surface area contributed by atoms with Crippen LogP contribution < -0.4 is 14.8 Å². The van der Waals surface area contributed by atoms with Crippen molar-refractivity contribution in [2.75, 3.05) is 13.7 Å². The second-order valence-electron chi connectivity index (χ2n) is 5.12. The van der Waals surface area contributed by atoms with E-state index in [0.29, 0.717) is 18.4 Å². The Bertz CT molecular complexity index is 669. The van der Waals surface area contributed by atoms with Crippen LogP contribution >= 0.6 is 11.6 Å². The van der Waals surface area contributed by atoms with Crippen molar-refractivity contribution in [2.24, 2.45) is 7.05 Å². The van der Waals surface area contributed by atoms with E-state index in [2.05, 4.69) is 10.4 Å². The average molecular weight is 308 g/mol. The lowest BCUT2D eigenvalue weighted by atomic mass is 10.1. The number of rotatable bonds is 4. The van der Waals surface area contributed by atoms with E-state index < -0.39 is 0 Å². The number of ether oxygens (including phenoxy) is 2. The highest BCUT2D eigenvalue weighted by Gasteiger charge is 2.23. The summed E-state index contributed by atoms with van der Waals surface area (Å²) in [5.41, 5.74) is 2.96. The Hall–Kier alpha value is -1.72. The number of likely N-dealkylation sites (N-methyl/N-ethyl adjacent to an activating group) is 1. The van der Waals surface area contributed by atoms with Gasteiger partial charge in [-0.15, -0.1) is 0 Å². The minimum atomic E-state index is 0.254. The molecule has 112 valence electrons. The molecule has 1 N–H and O–H groups in total. The number of nitrogens with zero attached hydrogens (tertiary/aromatic N) is 2. The first-order valence-corrected chi connectivity index (χ1v) is 7.22. The van der Waals surface area contributed by atoms with Crippen molar-refractivity contribution in [1.82, 2.24) is 15.1 Å². The molecule has 6 heteroatoms. The van der Waals surface area contributed by atoms with Crippen LogP contribution in [-0.2, 0) is 13.7 Å². The number of hydrogen-bond acceptors (Lipinski definition) is 4. The molecule has 5 nitrogen and oxygen atoms in total. The molecule has 0 radical (unpaired) electrons. The van der Waals surface area contributed by atoms with Crippen LogP contribution in [0, 0.1) is 6.92 Å². The highest BCUT2D eigenvalue weighted by Crippen LogP contribution is 2.35. The predicted octanol–water partition coefficient (Wildman–Crippen LogP) is 2.61. The summed E-state index contributed by atoms with van der Waals surface area (Å²) in [6.45, 7) is 2.98. The van der Waals surface area contributed by atoms with Gasteiger partial charge in [-0.05, 0) is 26.1 Å². The molecule has 0 aliphatic carbocycles. The molecule has 1 unspecified atom stereocenters. The van der Waals surface area contributed by atoms with E-state index in [4.69, 9.17) is 21.1 Å². The van der Waals surface area contributed by atoms with Crippen molar-refractivity contribution in [3.8, 4) is 11.5 Å². The summed E-state index contributed by atoms with van der Waals surface area (Å²) < 4.78 is 13.1. The Morgan fingerprint density at radius 3 is 3.00 bits per heavy atom. The fraction of sp³-hybridized carbons (Fsp3) is 0.400. The summed E-state index contributed by atoms with van der Waals surface area (Å²) in [7, 11) is 3.75. The first-order chi connectivity index (χ1) is 10.1. The zero-order valence-corrected chi connectivity index (χ0v) is 13.1. The summed E-state index contributed by atoms with van der Waals surface area (Å²) in [6, 6.07) is 6.17. The number of aromatic nitrogens is 2. The monoisotopic (exact) mass is 307 g/mol. The SMILES string of the molecule is CNC1COc2cc(OCc3c(C)nn(C)c3Cl)ccc21. The van der Waals surface area contributed by atoms with Crippen molar-refractivity contribution in [1.29, 1.82) is 0 Å². The van der Waals surface area contributed by atoms with Gasteiger partial charge in [0, 0.05) is 24.2 Å². The third-order valence-corrected chi connectivity index (χ3v) is 4.24. The lowest BCUT2D eigenvalue weighted by molar-refractivity contribution is 0.298. The van der Waals surface area contributed by atoms with Crippen LogP contribution in [0.1, 0.15) is 22.9 Å². The minimum absolute atomic E-state index is 0.254. The fourth-order valence-corrected chi connectivity index (χ4v) is 2.74. The van der Waals surface area contributed by atoms with E-state index in [9.17, 15) is 0 Å². The predicted molar refractivity (Wildman–Crippen MR) is 81.0 cm³/mol. The molecule has 1 aromatic heterocycles. The second-order valence-corrected chi connectivity index (χ2v) is 5.48. The minimum Gasteiger partial charge on any atom is -0.491 e. The number of halogens is 1. The quantitative estimate of drug-likeness (QED) is 0.943. The average Bonchev–Trinajstić information content (AvgIpc) is 2.98. The van der Waals surface area contributed by atoms with Crippen LogP contribution in [0.2, 0.25) is 5.15 Å². The van der Waals surface area contributed by atoms with Gasteiger partial charge in [0.25, 0.3) is 0 Å². The molecule has 0 amide bonds. The van der Waals surface area contributed by atoms with Gasteiger partial charge in [0.1, 0.15) is 29.9 Å². The zero-order valence-electron chi connectivity index (χ0n) is 12.3. The summed E-state index contributed by atoms with van der Waals surface area (Å²) in [5, 5.41) is 8.11. The maximum absolute atomic E-state index is 6.20. The summed E-state index contributed by atoms with van der Waals surface area (Å²) in [5.74, 6) is 1.64. The van der Waals surface area contributed by atoms with Crippen LogP contribution in [0.5, 0.6) is 11.5 Å². The number of aryl methyl sites for hydroxylation is 2. The highest BCUT2D eigenvalue weighted by molar-refractivity contribution is 6.30. The summed E-state index contributed by atoms with van der Waals surface area (Å²) in [6.07, 6.45) is 0. The standard InChI is InChI=1S/C15H18ClN3O2/c1-9-12(15(16)19(3)18-9)7-20-10-4-5-11-13(17-2)8-21-14(11)6-10/h4-6,13,17H,7-8H2,1-3H3. The van der Waals surface area contributed by atoms with E-state index in [0.717, 1.165) is 22.8 Å². The van der Waals surface area contributed by atoms with Crippen molar-refractivity contribution in [3.63, 3.8) is 0 Å². The molecule has 2 aromatic rings. The van der Waals surface area contributed by atoms with Gasteiger partial charge in [0.05, 0.1) is 11.7 Å². The molecule has 21 heavy (non-hydrogen) atoms. The molecule has 0 saturated heterocycles. The van der Waals surface area contributed by atoms with Crippen molar-refractivity contribution in [3.05, 3.63) is 40.2 Å².